The molecule has 2 aliphatic heterocycles. The lowest BCUT2D eigenvalue weighted by Gasteiger charge is -2.38. The van der Waals surface area contributed by atoms with Crippen LogP contribution in [0.4, 0.5) is 0 Å². The summed E-state index contributed by atoms with van der Waals surface area (Å²) in [7, 11) is 0. The van der Waals surface area contributed by atoms with Gasteiger partial charge in [-0.05, 0) is 25.1 Å². The third-order valence-corrected chi connectivity index (χ3v) is 5.04. The average molecular weight is 341 g/mol. The number of hydrogen-bond acceptors (Lipinski definition) is 4. The van der Waals surface area contributed by atoms with Gasteiger partial charge in [0.15, 0.2) is 0 Å². The van der Waals surface area contributed by atoms with E-state index in [1.165, 1.54) is 11.1 Å². The van der Waals surface area contributed by atoms with Crippen LogP contribution < -0.4 is 4.74 Å². The highest BCUT2D eigenvalue weighted by Gasteiger charge is 2.40. The molecule has 0 aliphatic carbocycles. The molecule has 1 aromatic heterocycles. The lowest BCUT2D eigenvalue weighted by molar-refractivity contribution is -0.0190. The Morgan fingerprint density at radius 1 is 1.00 bits per heavy atom. The zero-order valence-corrected chi connectivity index (χ0v) is 14.5. The fourth-order valence-corrected chi connectivity index (χ4v) is 3.80. The third-order valence-electron chi connectivity index (χ3n) is 5.04. The SMILES string of the molecule is Cc1cccc(C2Oc3ccccc3C3CC(c4ccncc4)=NN32)c1. The van der Waals surface area contributed by atoms with Crippen molar-refractivity contribution in [2.75, 3.05) is 0 Å². The summed E-state index contributed by atoms with van der Waals surface area (Å²) in [6.45, 7) is 2.10. The van der Waals surface area contributed by atoms with Crippen LogP contribution in [0.15, 0.2) is 78.2 Å². The fraction of sp³-hybridized carbons (Fsp3) is 0.182. The van der Waals surface area contributed by atoms with Gasteiger partial charge < -0.3 is 4.74 Å². The van der Waals surface area contributed by atoms with Gasteiger partial charge >= 0.3 is 0 Å². The number of nitrogens with zero attached hydrogens (tertiary/aromatic N) is 3. The summed E-state index contributed by atoms with van der Waals surface area (Å²) in [5, 5.41) is 7.08. The number of aromatic nitrogens is 1. The summed E-state index contributed by atoms with van der Waals surface area (Å²) in [5.74, 6) is 0.950. The minimum Gasteiger partial charge on any atom is -0.464 e. The van der Waals surface area contributed by atoms with Crippen molar-refractivity contribution >= 4 is 5.71 Å². The number of rotatable bonds is 2. The number of aryl methyl sites for hydroxylation is 1. The van der Waals surface area contributed by atoms with Crippen molar-refractivity contribution in [2.45, 2.75) is 25.6 Å². The number of hydrogen-bond donors (Lipinski definition) is 0. The molecule has 3 heterocycles. The second-order valence-electron chi connectivity index (χ2n) is 6.80. The van der Waals surface area contributed by atoms with Gasteiger partial charge in [-0.25, -0.2) is 5.01 Å². The predicted octanol–water partition coefficient (Wildman–Crippen LogP) is 4.63. The van der Waals surface area contributed by atoms with Gasteiger partial charge in [0, 0.05) is 35.5 Å². The molecular formula is C22H19N3O. The van der Waals surface area contributed by atoms with Gasteiger partial charge in [-0.3, -0.25) is 4.98 Å². The van der Waals surface area contributed by atoms with E-state index in [9.17, 15) is 0 Å². The highest BCUT2D eigenvalue weighted by molar-refractivity contribution is 6.01. The van der Waals surface area contributed by atoms with Gasteiger partial charge in [-0.15, -0.1) is 0 Å². The summed E-state index contributed by atoms with van der Waals surface area (Å²) in [4.78, 5) is 4.12. The van der Waals surface area contributed by atoms with Crippen molar-refractivity contribution in [3.63, 3.8) is 0 Å². The van der Waals surface area contributed by atoms with Crippen LogP contribution in [0.1, 0.15) is 40.9 Å². The number of ether oxygens (including phenoxy) is 1. The quantitative estimate of drug-likeness (QED) is 0.682. The maximum atomic E-state index is 6.38. The van der Waals surface area contributed by atoms with E-state index in [1.807, 2.05) is 30.6 Å². The molecule has 128 valence electrons. The number of pyridine rings is 1. The van der Waals surface area contributed by atoms with Gasteiger partial charge in [0.1, 0.15) is 5.75 Å². The van der Waals surface area contributed by atoms with Crippen LogP contribution in [0.5, 0.6) is 5.75 Å². The number of para-hydroxylation sites is 1. The van der Waals surface area contributed by atoms with Crippen LogP contribution in [-0.4, -0.2) is 15.7 Å². The maximum absolute atomic E-state index is 6.38. The molecule has 0 spiro atoms. The monoisotopic (exact) mass is 341 g/mol. The molecule has 2 unspecified atom stereocenters. The smallest absolute Gasteiger partial charge is 0.213 e. The normalized spacial score (nSPS) is 20.8. The molecule has 0 bridgehead atoms. The number of benzene rings is 2. The molecule has 2 aromatic carbocycles. The molecule has 0 radical (unpaired) electrons. The molecular weight excluding hydrogens is 322 g/mol. The fourth-order valence-electron chi connectivity index (χ4n) is 3.80. The maximum Gasteiger partial charge on any atom is 0.213 e. The topological polar surface area (TPSA) is 37.7 Å². The second-order valence-corrected chi connectivity index (χ2v) is 6.80. The molecule has 0 saturated heterocycles. The van der Waals surface area contributed by atoms with E-state index in [1.54, 1.807) is 0 Å². The van der Waals surface area contributed by atoms with E-state index in [4.69, 9.17) is 9.84 Å². The van der Waals surface area contributed by atoms with Crippen LogP contribution in [-0.2, 0) is 0 Å². The van der Waals surface area contributed by atoms with E-state index in [0.717, 1.165) is 29.0 Å². The van der Waals surface area contributed by atoms with Gasteiger partial charge in [0.25, 0.3) is 0 Å². The minimum absolute atomic E-state index is 0.189. The Balaban J connectivity index is 1.61. The van der Waals surface area contributed by atoms with Gasteiger partial charge in [-0.2, -0.15) is 5.10 Å². The standard InChI is InChI=1S/C22H19N3O/c1-15-5-4-6-17(13-15)22-25-20(18-7-2-3-8-21(18)26-22)14-19(24-25)16-9-11-23-12-10-16/h2-13,20,22H,14H2,1H3. The molecule has 4 nitrogen and oxygen atoms in total. The first-order chi connectivity index (χ1) is 12.8. The molecule has 2 atom stereocenters. The second kappa shape index (κ2) is 5.99. The Kier molecular flexibility index (Phi) is 3.49. The molecule has 0 amide bonds. The first-order valence-corrected chi connectivity index (χ1v) is 8.88. The molecule has 3 aromatic rings. The summed E-state index contributed by atoms with van der Waals surface area (Å²) in [6.07, 6.45) is 4.29. The van der Waals surface area contributed by atoms with Crippen LogP contribution in [0.25, 0.3) is 0 Å². The summed E-state index contributed by atoms with van der Waals surface area (Å²) in [5.41, 5.74) is 5.75. The highest BCUT2D eigenvalue weighted by Crippen LogP contribution is 2.47. The molecule has 0 N–H and O–H groups in total. The van der Waals surface area contributed by atoms with Crippen molar-refractivity contribution in [2.24, 2.45) is 5.10 Å². The van der Waals surface area contributed by atoms with Crippen molar-refractivity contribution < 1.29 is 4.74 Å². The van der Waals surface area contributed by atoms with E-state index in [0.29, 0.717) is 0 Å². The Morgan fingerprint density at radius 2 is 1.85 bits per heavy atom. The zero-order chi connectivity index (χ0) is 17.5. The molecule has 4 heteroatoms. The molecule has 5 rings (SSSR count). The Hall–Kier alpha value is -3.14. The van der Waals surface area contributed by atoms with Crippen molar-refractivity contribution in [1.82, 2.24) is 9.99 Å². The minimum atomic E-state index is -0.214. The van der Waals surface area contributed by atoms with Crippen LogP contribution in [0.2, 0.25) is 0 Å². The Labute approximate surface area is 152 Å². The van der Waals surface area contributed by atoms with Crippen molar-refractivity contribution in [3.05, 3.63) is 95.3 Å². The average Bonchev–Trinajstić information content (AvgIpc) is 3.14. The zero-order valence-electron chi connectivity index (χ0n) is 14.5. The van der Waals surface area contributed by atoms with Gasteiger partial charge in [0.05, 0.1) is 11.8 Å². The van der Waals surface area contributed by atoms with Crippen LogP contribution in [0.3, 0.4) is 0 Å². The lowest BCUT2D eigenvalue weighted by Crippen LogP contribution is -2.33. The number of hydrazone groups is 1. The molecule has 2 aliphatic rings. The summed E-state index contributed by atoms with van der Waals surface area (Å²) < 4.78 is 6.38. The number of fused-ring (bicyclic) bond motifs is 3. The molecule has 0 fully saturated rings. The first-order valence-electron chi connectivity index (χ1n) is 8.88. The third kappa shape index (κ3) is 2.46. The van der Waals surface area contributed by atoms with Crippen molar-refractivity contribution in [3.8, 4) is 5.75 Å². The van der Waals surface area contributed by atoms with E-state index >= 15 is 0 Å². The van der Waals surface area contributed by atoms with E-state index in [-0.39, 0.29) is 12.3 Å². The summed E-state index contributed by atoms with van der Waals surface area (Å²) in [6, 6.07) is 21.0. The van der Waals surface area contributed by atoms with E-state index in [2.05, 4.69) is 59.4 Å². The van der Waals surface area contributed by atoms with Crippen LogP contribution in [0, 0.1) is 6.92 Å². The largest absolute Gasteiger partial charge is 0.464 e. The van der Waals surface area contributed by atoms with Gasteiger partial charge in [-0.1, -0.05) is 48.0 Å². The van der Waals surface area contributed by atoms with E-state index < -0.39 is 0 Å². The Morgan fingerprint density at radius 3 is 2.69 bits per heavy atom. The van der Waals surface area contributed by atoms with Crippen molar-refractivity contribution in [1.29, 1.82) is 0 Å². The molecule has 26 heavy (non-hydrogen) atoms. The van der Waals surface area contributed by atoms with Crippen LogP contribution >= 0.6 is 0 Å². The summed E-state index contributed by atoms with van der Waals surface area (Å²) >= 11 is 0. The highest BCUT2D eigenvalue weighted by atomic mass is 16.5. The predicted molar refractivity (Wildman–Crippen MR) is 101 cm³/mol. The van der Waals surface area contributed by atoms with Gasteiger partial charge in [0.2, 0.25) is 6.23 Å². The Bertz CT molecular complexity index is 983. The molecule has 0 saturated carbocycles. The first kappa shape index (κ1) is 15.1. The lowest BCUT2D eigenvalue weighted by atomic mass is 9.96.